The summed E-state index contributed by atoms with van der Waals surface area (Å²) in [4.78, 5) is 21.6. The van der Waals surface area contributed by atoms with Crippen LogP contribution >= 0.6 is 11.3 Å². The van der Waals surface area contributed by atoms with E-state index >= 15 is 0 Å². The number of amides is 1. The lowest BCUT2D eigenvalue weighted by atomic mass is 10.1. The van der Waals surface area contributed by atoms with E-state index in [1.165, 1.54) is 11.3 Å². The molecule has 0 aliphatic heterocycles. The SMILES string of the molecule is O=C(NCc1cc(F)ccc1F)c1cc(-c2cnn3cc(-c4cccnc4)cnc23)cs1. The molecule has 0 fully saturated rings. The number of fused-ring (bicyclic) bond motifs is 1. The summed E-state index contributed by atoms with van der Waals surface area (Å²) < 4.78 is 28.8. The molecule has 1 amide bonds. The lowest BCUT2D eigenvalue weighted by molar-refractivity contribution is 0.0954. The molecule has 1 N–H and O–H groups in total. The molecule has 0 saturated heterocycles. The summed E-state index contributed by atoms with van der Waals surface area (Å²) in [7, 11) is 0. The number of hydrogen-bond acceptors (Lipinski definition) is 5. The molecular weight excluding hydrogens is 432 g/mol. The number of nitrogens with one attached hydrogen (secondary N) is 1. The van der Waals surface area contributed by atoms with Crippen molar-refractivity contribution >= 4 is 22.9 Å². The number of benzene rings is 1. The molecule has 9 heteroatoms. The second-order valence-electron chi connectivity index (χ2n) is 7.03. The van der Waals surface area contributed by atoms with Crippen LogP contribution < -0.4 is 5.32 Å². The molecule has 6 nitrogen and oxygen atoms in total. The summed E-state index contributed by atoms with van der Waals surface area (Å²) in [5.74, 6) is -1.49. The number of hydrogen-bond donors (Lipinski definition) is 1. The molecule has 158 valence electrons. The highest BCUT2D eigenvalue weighted by molar-refractivity contribution is 7.12. The predicted molar refractivity (Wildman–Crippen MR) is 117 cm³/mol. The monoisotopic (exact) mass is 447 g/mol. The van der Waals surface area contributed by atoms with Gasteiger partial charge in [0.15, 0.2) is 5.65 Å². The maximum Gasteiger partial charge on any atom is 0.261 e. The molecule has 1 aromatic carbocycles. The van der Waals surface area contributed by atoms with E-state index < -0.39 is 11.6 Å². The zero-order valence-electron chi connectivity index (χ0n) is 16.5. The number of halogens is 2. The van der Waals surface area contributed by atoms with Gasteiger partial charge in [0.05, 0.1) is 11.1 Å². The van der Waals surface area contributed by atoms with E-state index in [1.54, 1.807) is 35.4 Å². The fraction of sp³-hybridized carbons (Fsp3) is 0.0435. The van der Waals surface area contributed by atoms with Crippen LogP contribution in [0.2, 0.25) is 0 Å². The quantitative estimate of drug-likeness (QED) is 0.423. The highest BCUT2D eigenvalue weighted by Crippen LogP contribution is 2.29. The van der Waals surface area contributed by atoms with Crippen molar-refractivity contribution in [2.75, 3.05) is 0 Å². The van der Waals surface area contributed by atoms with Crippen molar-refractivity contribution in [3.8, 4) is 22.3 Å². The van der Waals surface area contributed by atoms with Crippen molar-refractivity contribution in [2.24, 2.45) is 0 Å². The lowest BCUT2D eigenvalue weighted by Crippen LogP contribution is -2.22. The van der Waals surface area contributed by atoms with Crippen LogP contribution in [-0.2, 0) is 6.54 Å². The Kier molecular flexibility index (Phi) is 5.16. The summed E-state index contributed by atoms with van der Waals surface area (Å²) in [6, 6.07) is 8.68. The van der Waals surface area contributed by atoms with Crippen LogP contribution in [0.3, 0.4) is 0 Å². The standard InChI is InChI=1S/C23H15F2N5OS/c24-18-3-4-20(25)15(6-18)9-28-23(31)21-7-16(13-32-21)19-11-29-30-12-17(10-27-22(19)30)14-2-1-5-26-8-14/h1-8,10-13H,9H2,(H,28,31). The van der Waals surface area contributed by atoms with Crippen molar-refractivity contribution in [3.05, 3.63) is 94.8 Å². The van der Waals surface area contributed by atoms with Gasteiger partial charge in [0.25, 0.3) is 5.91 Å². The maximum absolute atomic E-state index is 13.8. The first-order valence-electron chi connectivity index (χ1n) is 9.63. The van der Waals surface area contributed by atoms with E-state index in [9.17, 15) is 13.6 Å². The Hall–Kier alpha value is -3.98. The number of aromatic nitrogens is 4. The largest absolute Gasteiger partial charge is 0.347 e. The summed E-state index contributed by atoms with van der Waals surface area (Å²) in [5.41, 5.74) is 4.15. The van der Waals surface area contributed by atoms with Gasteiger partial charge < -0.3 is 5.32 Å². The number of rotatable bonds is 5. The number of carbonyl (C=O) groups is 1. The fourth-order valence-corrected chi connectivity index (χ4v) is 4.12. The molecule has 0 aliphatic carbocycles. The van der Waals surface area contributed by atoms with Crippen LogP contribution in [0.15, 0.2) is 72.8 Å². The van der Waals surface area contributed by atoms with Crippen molar-refractivity contribution in [3.63, 3.8) is 0 Å². The number of nitrogens with zero attached hydrogens (tertiary/aromatic N) is 4. The van der Waals surface area contributed by atoms with Gasteiger partial charge in [-0.25, -0.2) is 18.3 Å². The van der Waals surface area contributed by atoms with E-state index in [2.05, 4.69) is 20.4 Å². The molecule has 5 aromatic rings. The average Bonchev–Trinajstić information content (AvgIpc) is 3.47. The van der Waals surface area contributed by atoms with Crippen LogP contribution in [0, 0.1) is 11.6 Å². The minimum absolute atomic E-state index is 0.0892. The van der Waals surface area contributed by atoms with Crippen molar-refractivity contribution in [1.29, 1.82) is 0 Å². The topological polar surface area (TPSA) is 72.2 Å². The smallest absolute Gasteiger partial charge is 0.261 e. The Bertz CT molecular complexity index is 1430. The zero-order valence-corrected chi connectivity index (χ0v) is 17.3. The van der Waals surface area contributed by atoms with Gasteiger partial charge in [0, 0.05) is 53.6 Å². The molecule has 0 unspecified atom stereocenters. The summed E-state index contributed by atoms with van der Waals surface area (Å²) >= 11 is 1.25. The molecule has 32 heavy (non-hydrogen) atoms. The fourth-order valence-electron chi connectivity index (χ4n) is 3.30. The minimum atomic E-state index is -0.568. The molecule has 0 spiro atoms. The molecule has 4 heterocycles. The van der Waals surface area contributed by atoms with Crippen LogP contribution in [0.5, 0.6) is 0 Å². The molecule has 0 saturated carbocycles. The maximum atomic E-state index is 13.8. The summed E-state index contributed by atoms with van der Waals surface area (Å²) in [6.45, 7) is -0.106. The van der Waals surface area contributed by atoms with Gasteiger partial charge in [-0.15, -0.1) is 11.3 Å². The van der Waals surface area contributed by atoms with Crippen LogP contribution in [-0.4, -0.2) is 25.5 Å². The average molecular weight is 447 g/mol. The van der Waals surface area contributed by atoms with E-state index in [1.807, 2.05) is 23.7 Å². The molecule has 0 atom stereocenters. The van der Waals surface area contributed by atoms with Crippen LogP contribution in [0.1, 0.15) is 15.2 Å². The van der Waals surface area contributed by atoms with Gasteiger partial charge >= 0.3 is 0 Å². The van der Waals surface area contributed by atoms with Gasteiger partial charge in [-0.3, -0.25) is 9.78 Å². The summed E-state index contributed by atoms with van der Waals surface area (Å²) in [5, 5.41) is 8.86. The minimum Gasteiger partial charge on any atom is -0.347 e. The van der Waals surface area contributed by atoms with Gasteiger partial charge in [0.2, 0.25) is 0 Å². The first-order valence-corrected chi connectivity index (χ1v) is 10.5. The third kappa shape index (κ3) is 3.85. The van der Waals surface area contributed by atoms with Gasteiger partial charge in [0.1, 0.15) is 11.6 Å². The molecular formula is C23H15F2N5OS. The van der Waals surface area contributed by atoms with Crippen molar-refractivity contribution in [1.82, 2.24) is 24.9 Å². The van der Waals surface area contributed by atoms with Gasteiger partial charge in [-0.1, -0.05) is 6.07 Å². The van der Waals surface area contributed by atoms with Crippen LogP contribution in [0.25, 0.3) is 27.9 Å². The lowest BCUT2D eigenvalue weighted by Gasteiger charge is -2.05. The molecule has 4 aromatic heterocycles. The molecule has 0 aliphatic rings. The summed E-state index contributed by atoms with van der Waals surface area (Å²) in [6.07, 6.45) is 8.79. The highest BCUT2D eigenvalue weighted by atomic mass is 32.1. The number of thiophene rings is 1. The Balaban J connectivity index is 1.36. The normalized spacial score (nSPS) is 11.1. The van der Waals surface area contributed by atoms with Crippen molar-refractivity contribution in [2.45, 2.75) is 6.54 Å². The number of pyridine rings is 1. The Morgan fingerprint density at radius 1 is 1.06 bits per heavy atom. The molecule has 0 radical (unpaired) electrons. The van der Waals surface area contributed by atoms with E-state index in [4.69, 9.17) is 0 Å². The van der Waals surface area contributed by atoms with Crippen LogP contribution in [0.4, 0.5) is 8.78 Å². The third-order valence-electron chi connectivity index (χ3n) is 4.93. The Morgan fingerprint density at radius 3 is 2.81 bits per heavy atom. The second-order valence-corrected chi connectivity index (χ2v) is 7.94. The zero-order chi connectivity index (χ0) is 22.1. The predicted octanol–water partition coefficient (Wildman–Crippen LogP) is 4.73. The molecule has 5 rings (SSSR count). The Labute approximate surface area is 185 Å². The first kappa shape index (κ1) is 20.0. The Morgan fingerprint density at radius 2 is 1.97 bits per heavy atom. The highest BCUT2D eigenvalue weighted by Gasteiger charge is 2.15. The van der Waals surface area contributed by atoms with E-state index in [-0.39, 0.29) is 18.0 Å². The van der Waals surface area contributed by atoms with Crippen molar-refractivity contribution < 1.29 is 13.6 Å². The third-order valence-corrected chi connectivity index (χ3v) is 5.86. The molecule has 0 bridgehead atoms. The second kappa shape index (κ2) is 8.27. The first-order chi connectivity index (χ1) is 15.6. The van der Waals surface area contributed by atoms with E-state index in [0.29, 0.717) is 10.5 Å². The van der Waals surface area contributed by atoms with E-state index in [0.717, 1.165) is 40.5 Å². The number of carbonyl (C=O) groups excluding carboxylic acids is 1. The van der Waals surface area contributed by atoms with Gasteiger partial charge in [-0.2, -0.15) is 5.10 Å². The van der Waals surface area contributed by atoms with Gasteiger partial charge in [-0.05, 0) is 41.3 Å².